The second-order valence-corrected chi connectivity index (χ2v) is 4.30. The van der Waals surface area contributed by atoms with Crippen molar-refractivity contribution >= 4 is 22.8 Å². The van der Waals surface area contributed by atoms with Crippen LogP contribution in [-0.4, -0.2) is 24.2 Å². The normalized spacial score (nSPS) is 20.6. The molecular weight excluding hydrogens is 218 g/mol. The van der Waals surface area contributed by atoms with Crippen LogP contribution in [0.2, 0.25) is 0 Å². The monoisotopic (exact) mass is 233 g/mol. The quantitative estimate of drug-likeness (QED) is 0.776. The van der Waals surface area contributed by atoms with Gasteiger partial charge in [0, 0.05) is 18.4 Å². The molecule has 1 saturated heterocycles. The Hall–Kier alpha value is -1.75. The molecule has 0 amide bonds. The van der Waals surface area contributed by atoms with E-state index in [1.54, 1.807) is 6.07 Å². The van der Waals surface area contributed by atoms with Gasteiger partial charge in [-0.1, -0.05) is 0 Å². The van der Waals surface area contributed by atoms with Crippen LogP contribution >= 0.6 is 0 Å². The molecule has 1 aromatic carbocycles. The number of rotatable bonds is 2. The summed E-state index contributed by atoms with van der Waals surface area (Å²) in [4.78, 5) is 4.36. The Bertz CT molecular complexity index is 517. The summed E-state index contributed by atoms with van der Waals surface area (Å²) in [5, 5.41) is 3.25. The molecule has 0 radical (unpaired) electrons. The second-order valence-electron chi connectivity index (χ2n) is 4.30. The van der Waals surface area contributed by atoms with Crippen molar-refractivity contribution in [3.63, 3.8) is 0 Å². The fourth-order valence-electron chi connectivity index (χ4n) is 2.03. The predicted octanol–water partition coefficient (Wildman–Crippen LogP) is 2.00. The smallest absolute Gasteiger partial charge is 0.295 e. The molecule has 2 aromatic rings. The average Bonchev–Trinajstić information content (AvgIpc) is 2.71. The Morgan fingerprint density at radius 3 is 3.18 bits per heavy atom. The molecule has 0 aliphatic carbocycles. The second kappa shape index (κ2) is 4.25. The standard InChI is InChI=1S/C12H15N3O2/c13-8-3-4-10-11(6-8)17-12(15-10)14-9-2-1-5-16-7-9/h3-4,6,9H,1-2,5,7,13H2,(H,14,15). The van der Waals surface area contributed by atoms with E-state index in [1.165, 1.54) is 0 Å². The summed E-state index contributed by atoms with van der Waals surface area (Å²) in [6.45, 7) is 1.56. The molecule has 5 nitrogen and oxygen atoms in total. The fraction of sp³-hybridized carbons (Fsp3) is 0.417. The molecule has 1 aliphatic heterocycles. The molecule has 3 rings (SSSR count). The van der Waals surface area contributed by atoms with Gasteiger partial charge in [-0.3, -0.25) is 0 Å². The molecule has 1 aliphatic rings. The van der Waals surface area contributed by atoms with Crippen LogP contribution in [0.5, 0.6) is 0 Å². The molecular formula is C12H15N3O2. The summed E-state index contributed by atoms with van der Waals surface area (Å²) in [6, 6.07) is 6.29. The van der Waals surface area contributed by atoms with Gasteiger partial charge < -0.3 is 20.2 Å². The Labute approximate surface area is 98.9 Å². The number of ether oxygens (including phenoxy) is 1. The van der Waals surface area contributed by atoms with Crippen molar-refractivity contribution in [2.45, 2.75) is 18.9 Å². The van der Waals surface area contributed by atoms with Crippen LogP contribution in [-0.2, 0) is 4.74 Å². The van der Waals surface area contributed by atoms with E-state index in [-0.39, 0.29) is 6.04 Å². The molecule has 90 valence electrons. The van der Waals surface area contributed by atoms with Gasteiger partial charge in [-0.25, -0.2) is 0 Å². The highest BCUT2D eigenvalue weighted by Gasteiger charge is 2.16. The molecule has 17 heavy (non-hydrogen) atoms. The number of benzene rings is 1. The van der Waals surface area contributed by atoms with Crippen molar-refractivity contribution in [2.75, 3.05) is 24.3 Å². The van der Waals surface area contributed by atoms with Gasteiger partial charge in [0.1, 0.15) is 5.52 Å². The maximum atomic E-state index is 5.69. The van der Waals surface area contributed by atoms with Gasteiger partial charge in [0.15, 0.2) is 5.58 Å². The van der Waals surface area contributed by atoms with E-state index in [0.717, 1.165) is 25.0 Å². The number of aromatic nitrogens is 1. The first-order valence-electron chi connectivity index (χ1n) is 5.81. The maximum absolute atomic E-state index is 5.69. The van der Waals surface area contributed by atoms with E-state index >= 15 is 0 Å². The van der Waals surface area contributed by atoms with E-state index in [9.17, 15) is 0 Å². The van der Waals surface area contributed by atoms with E-state index in [1.807, 2.05) is 12.1 Å². The van der Waals surface area contributed by atoms with Crippen molar-refractivity contribution in [3.05, 3.63) is 18.2 Å². The summed E-state index contributed by atoms with van der Waals surface area (Å²) < 4.78 is 11.0. The number of nitrogen functional groups attached to an aromatic ring is 1. The van der Waals surface area contributed by atoms with Crippen LogP contribution in [0.4, 0.5) is 11.7 Å². The minimum atomic E-state index is 0.286. The Morgan fingerprint density at radius 1 is 1.41 bits per heavy atom. The average molecular weight is 233 g/mol. The molecule has 1 atom stereocenters. The van der Waals surface area contributed by atoms with Gasteiger partial charge in [0.05, 0.1) is 12.6 Å². The molecule has 0 bridgehead atoms. The van der Waals surface area contributed by atoms with Gasteiger partial charge in [0.25, 0.3) is 6.01 Å². The Morgan fingerprint density at radius 2 is 2.35 bits per heavy atom. The highest BCUT2D eigenvalue weighted by Crippen LogP contribution is 2.22. The largest absolute Gasteiger partial charge is 0.423 e. The minimum Gasteiger partial charge on any atom is -0.423 e. The van der Waals surface area contributed by atoms with Crippen molar-refractivity contribution in [1.82, 2.24) is 4.98 Å². The summed E-state index contributed by atoms with van der Waals surface area (Å²) >= 11 is 0. The lowest BCUT2D eigenvalue weighted by atomic mass is 10.1. The van der Waals surface area contributed by atoms with Crippen molar-refractivity contribution < 1.29 is 9.15 Å². The zero-order valence-electron chi connectivity index (χ0n) is 9.48. The SMILES string of the molecule is Nc1ccc2nc(NC3CCCOC3)oc2c1. The van der Waals surface area contributed by atoms with Crippen LogP contribution in [0, 0.1) is 0 Å². The van der Waals surface area contributed by atoms with Gasteiger partial charge in [0.2, 0.25) is 0 Å². The third-order valence-corrected chi connectivity index (χ3v) is 2.90. The van der Waals surface area contributed by atoms with Crippen LogP contribution in [0.3, 0.4) is 0 Å². The van der Waals surface area contributed by atoms with Crippen LogP contribution in [0.1, 0.15) is 12.8 Å². The van der Waals surface area contributed by atoms with Gasteiger partial charge in [-0.15, -0.1) is 0 Å². The molecule has 1 aromatic heterocycles. The zero-order chi connectivity index (χ0) is 11.7. The van der Waals surface area contributed by atoms with Crippen molar-refractivity contribution in [1.29, 1.82) is 0 Å². The number of oxazole rings is 1. The third kappa shape index (κ3) is 2.19. The predicted molar refractivity (Wildman–Crippen MR) is 65.9 cm³/mol. The van der Waals surface area contributed by atoms with Crippen molar-refractivity contribution in [2.24, 2.45) is 0 Å². The summed E-state index contributed by atoms with van der Waals surface area (Å²) in [5.41, 5.74) is 7.90. The topological polar surface area (TPSA) is 73.3 Å². The lowest BCUT2D eigenvalue weighted by molar-refractivity contribution is 0.0869. The molecule has 1 fully saturated rings. The molecule has 3 N–H and O–H groups in total. The van der Waals surface area contributed by atoms with E-state index in [4.69, 9.17) is 14.9 Å². The van der Waals surface area contributed by atoms with E-state index < -0.39 is 0 Å². The number of hydrogen-bond acceptors (Lipinski definition) is 5. The van der Waals surface area contributed by atoms with Gasteiger partial charge in [-0.05, 0) is 25.0 Å². The molecule has 5 heteroatoms. The number of nitrogens with zero attached hydrogens (tertiary/aromatic N) is 1. The lowest BCUT2D eigenvalue weighted by Crippen LogP contribution is -2.30. The molecule has 0 spiro atoms. The first-order chi connectivity index (χ1) is 8.31. The number of fused-ring (bicyclic) bond motifs is 1. The van der Waals surface area contributed by atoms with Crippen LogP contribution in [0.15, 0.2) is 22.6 Å². The first-order valence-corrected chi connectivity index (χ1v) is 5.81. The van der Waals surface area contributed by atoms with Gasteiger partial charge in [-0.2, -0.15) is 4.98 Å². The number of anilines is 2. The van der Waals surface area contributed by atoms with Crippen molar-refractivity contribution in [3.8, 4) is 0 Å². The summed E-state index contributed by atoms with van der Waals surface area (Å²) in [7, 11) is 0. The first kappa shape index (κ1) is 10.4. The minimum absolute atomic E-state index is 0.286. The van der Waals surface area contributed by atoms with Gasteiger partial charge >= 0.3 is 0 Å². The zero-order valence-corrected chi connectivity index (χ0v) is 9.48. The molecule has 1 unspecified atom stereocenters. The number of hydrogen-bond donors (Lipinski definition) is 2. The van der Waals surface area contributed by atoms with E-state index in [0.29, 0.717) is 23.9 Å². The Kier molecular flexibility index (Phi) is 2.60. The fourth-order valence-corrected chi connectivity index (χ4v) is 2.03. The molecule has 2 heterocycles. The maximum Gasteiger partial charge on any atom is 0.295 e. The third-order valence-electron chi connectivity index (χ3n) is 2.90. The number of nitrogens with two attached hydrogens (primary N) is 1. The number of nitrogens with one attached hydrogen (secondary N) is 1. The van der Waals surface area contributed by atoms with Crippen LogP contribution < -0.4 is 11.1 Å². The van der Waals surface area contributed by atoms with E-state index in [2.05, 4.69) is 10.3 Å². The highest BCUT2D eigenvalue weighted by molar-refractivity contribution is 5.78. The summed E-state index contributed by atoms with van der Waals surface area (Å²) in [6.07, 6.45) is 2.16. The van der Waals surface area contributed by atoms with Crippen LogP contribution in [0.25, 0.3) is 11.1 Å². The highest BCUT2D eigenvalue weighted by atomic mass is 16.5. The lowest BCUT2D eigenvalue weighted by Gasteiger charge is -2.21. The molecule has 0 saturated carbocycles. The Balaban J connectivity index is 1.80. The summed E-state index contributed by atoms with van der Waals surface area (Å²) in [5.74, 6) is 0.